The first-order valence-corrected chi connectivity index (χ1v) is 9.63. The highest BCUT2D eigenvalue weighted by Crippen LogP contribution is 2.47. The predicted molar refractivity (Wildman–Crippen MR) is 111 cm³/mol. The second kappa shape index (κ2) is 8.57. The number of rotatable bonds is 6. The van der Waals surface area contributed by atoms with E-state index in [0.717, 1.165) is 26.7 Å². The standard InChI is InChI=1S/C23H22BrFO2/c1-15(2)19-13-20(26-3)23(27-14-16-7-5-4-6-8-16)21(22(19)24)17-9-11-18(25)12-10-17/h4-13,15H,14H2,1-3H3. The van der Waals surface area contributed by atoms with E-state index in [4.69, 9.17) is 9.47 Å². The second-order valence-corrected chi connectivity index (χ2v) is 7.42. The number of methoxy groups -OCH3 is 1. The molecule has 140 valence electrons. The summed E-state index contributed by atoms with van der Waals surface area (Å²) in [4.78, 5) is 0. The molecule has 0 saturated heterocycles. The Bertz CT molecular complexity index is 906. The van der Waals surface area contributed by atoms with Crippen LogP contribution in [-0.4, -0.2) is 7.11 Å². The summed E-state index contributed by atoms with van der Waals surface area (Å²) in [5.41, 5.74) is 3.91. The van der Waals surface area contributed by atoms with Crippen molar-refractivity contribution in [2.24, 2.45) is 0 Å². The molecule has 0 N–H and O–H groups in total. The van der Waals surface area contributed by atoms with E-state index in [1.807, 2.05) is 36.4 Å². The fraction of sp³-hybridized carbons (Fsp3) is 0.217. The van der Waals surface area contributed by atoms with Crippen LogP contribution in [0.5, 0.6) is 11.5 Å². The quantitative estimate of drug-likeness (QED) is 0.422. The Morgan fingerprint density at radius 2 is 1.67 bits per heavy atom. The number of benzene rings is 3. The van der Waals surface area contributed by atoms with Gasteiger partial charge in [0.2, 0.25) is 0 Å². The van der Waals surface area contributed by atoms with Crippen molar-refractivity contribution in [3.8, 4) is 22.6 Å². The van der Waals surface area contributed by atoms with Crippen LogP contribution >= 0.6 is 15.9 Å². The first kappa shape index (κ1) is 19.4. The van der Waals surface area contributed by atoms with Crippen molar-refractivity contribution < 1.29 is 13.9 Å². The third-order valence-corrected chi connectivity index (χ3v) is 5.27. The van der Waals surface area contributed by atoms with Gasteiger partial charge in [-0.05, 0) is 56.7 Å². The van der Waals surface area contributed by atoms with Gasteiger partial charge in [0.05, 0.1) is 7.11 Å². The number of hydrogen-bond acceptors (Lipinski definition) is 2. The van der Waals surface area contributed by atoms with Crippen LogP contribution in [0.15, 0.2) is 65.1 Å². The summed E-state index contributed by atoms with van der Waals surface area (Å²) in [7, 11) is 1.64. The molecule has 0 aromatic heterocycles. The maximum Gasteiger partial charge on any atom is 0.170 e. The maximum absolute atomic E-state index is 13.5. The monoisotopic (exact) mass is 428 g/mol. The third-order valence-electron chi connectivity index (χ3n) is 4.41. The van der Waals surface area contributed by atoms with Gasteiger partial charge in [0.25, 0.3) is 0 Å². The van der Waals surface area contributed by atoms with Crippen molar-refractivity contribution >= 4 is 15.9 Å². The summed E-state index contributed by atoms with van der Waals surface area (Å²) >= 11 is 3.75. The minimum absolute atomic E-state index is 0.270. The molecular formula is C23H22BrFO2. The van der Waals surface area contributed by atoms with E-state index in [0.29, 0.717) is 18.1 Å². The zero-order valence-electron chi connectivity index (χ0n) is 15.6. The molecule has 0 bridgehead atoms. The molecule has 27 heavy (non-hydrogen) atoms. The summed E-state index contributed by atoms with van der Waals surface area (Å²) in [6, 6.07) is 18.4. The summed E-state index contributed by atoms with van der Waals surface area (Å²) in [6.07, 6.45) is 0. The average molecular weight is 429 g/mol. The van der Waals surface area contributed by atoms with Gasteiger partial charge < -0.3 is 9.47 Å². The fourth-order valence-electron chi connectivity index (χ4n) is 2.96. The summed E-state index contributed by atoms with van der Waals surface area (Å²) in [5.74, 6) is 1.32. The Labute approximate surface area is 168 Å². The first-order valence-electron chi connectivity index (χ1n) is 8.84. The van der Waals surface area contributed by atoms with E-state index in [1.165, 1.54) is 12.1 Å². The molecule has 0 unspecified atom stereocenters. The molecule has 0 spiro atoms. The minimum atomic E-state index is -0.270. The molecule has 0 fully saturated rings. The Kier molecular flexibility index (Phi) is 6.17. The molecule has 0 saturated carbocycles. The van der Waals surface area contributed by atoms with Gasteiger partial charge in [0.1, 0.15) is 12.4 Å². The van der Waals surface area contributed by atoms with Crippen molar-refractivity contribution in [3.05, 3.63) is 82.1 Å². The van der Waals surface area contributed by atoms with Gasteiger partial charge in [-0.1, -0.05) is 56.3 Å². The topological polar surface area (TPSA) is 18.5 Å². The third kappa shape index (κ3) is 4.33. The molecule has 3 rings (SSSR count). The van der Waals surface area contributed by atoms with Crippen molar-refractivity contribution in [2.45, 2.75) is 26.4 Å². The molecule has 3 aromatic carbocycles. The van der Waals surface area contributed by atoms with Gasteiger partial charge in [-0.25, -0.2) is 4.39 Å². The summed E-state index contributed by atoms with van der Waals surface area (Å²) in [5, 5.41) is 0. The van der Waals surface area contributed by atoms with E-state index in [1.54, 1.807) is 19.2 Å². The number of ether oxygens (including phenoxy) is 2. The van der Waals surface area contributed by atoms with Crippen LogP contribution in [-0.2, 0) is 6.61 Å². The molecule has 4 heteroatoms. The molecule has 0 aliphatic heterocycles. The molecule has 0 amide bonds. The highest BCUT2D eigenvalue weighted by Gasteiger charge is 2.21. The van der Waals surface area contributed by atoms with E-state index < -0.39 is 0 Å². The highest BCUT2D eigenvalue weighted by atomic mass is 79.9. The van der Waals surface area contributed by atoms with Gasteiger partial charge in [-0.15, -0.1) is 0 Å². The largest absolute Gasteiger partial charge is 0.493 e. The Morgan fingerprint density at radius 1 is 1.00 bits per heavy atom. The number of hydrogen-bond donors (Lipinski definition) is 0. The normalized spacial score (nSPS) is 10.9. The number of halogens is 2. The van der Waals surface area contributed by atoms with Gasteiger partial charge in [-0.3, -0.25) is 0 Å². The molecule has 0 atom stereocenters. The van der Waals surface area contributed by atoms with Gasteiger partial charge >= 0.3 is 0 Å². The smallest absolute Gasteiger partial charge is 0.170 e. The van der Waals surface area contributed by atoms with Crippen LogP contribution in [0.3, 0.4) is 0 Å². The lowest BCUT2D eigenvalue weighted by molar-refractivity contribution is 0.285. The highest BCUT2D eigenvalue weighted by molar-refractivity contribution is 9.10. The lowest BCUT2D eigenvalue weighted by atomic mass is 9.95. The van der Waals surface area contributed by atoms with Crippen LogP contribution < -0.4 is 9.47 Å². The Balaban J connectivity index is 2.13. The fourth-order valence-corrected chi connectivity index (χ4v) is 3.94. The molecule has 0 aliphatic carbocycles. The summed E-state index contributed by atoms with van der Waals surface area (Å²) < 4.78 is 26.2. The Morgan fingerprint density at radius 3 is 2.26 bits per heavy atom. The van der Waals surface area contributed by atoms with Crippen molar-refractivity contribution in [1.29, 1.82) is 0 Å². The van der Waals surface area contributed by atoms with Crippen LogP contribution in [0.25, 0.3) is 11.1 Å². The van der Waals surface area contributed by atoms with Crippen molar-refractivity contribution in [1.82, 2.24) is 0 Å². The lowest BCUT2D eigenvalue weighted by Crippen LogP contribution is -2.03. The molecular weight excluding hydrogens is 407 g/mol. The Hall–Kier alpha value is -2.33. The SMILES string of the molecule is COc1cc(C(C)C)c(Br)c(-c2ccc(F)cc2)c1OCc1ccccc1. The van der Waals surface area contributed by atoms with E-state index in [2.05, 4.69) is 29.8 Å². The van der Waals surface area contributed by atoms with E-state index in [9.17, 15) is 4.39 Å². The van der Waals surface area contributed by atoms with Crippen LogP contribution in [0.2, 0.25) is 0 Å². The predicted octanol–water partition coefficient (Wildman–Crippen LogP) is 6.97. The van der Waals surface area contributed by atoms with Crippen molar-refractivity contribution in [2.75, 3.05) is 7.11 Å². The zero-order chi connectivity index (χ0) is 19.4. The van der Waals surface area contributed by atoms with E-state index >= 15 is 0 Å². The molecule has 3 aromatic rings. The maximum atomic E-state index is 13.5. The van der Waals surface area contributed by atoms with Gasteiger partial charge in [-0.2, -0.15) is 0 Å². The van der Waals surface area contributed by atoms with Crippen LogP contribution in [0, 0.1) is 5.82 Å². The molecule has 2 nitrogen and oxygen atoms in total. The van der Waals surface area contributed by atoms with Crippen molar-refractivity contribution in [3.63, 3.8) is 0 Å². The molecule has 0 heterocycles. The van der Waals surface area contributed by atoms with E-state index in [-0.39, 0.29) is 11.7 Å². The second-order valence-electron chi connectivity index (χ2n) is 6.62. The van der Waals surface area contributed by atoms with Gasteiger partial charge in [0.15, 0.2) is 11.5 Å². The van der Waals surface area contributed by atoms with Crippen LogP contribution in [0.1, 0.15) is 30.9 Å². The first-order chi connectivity index (χ1) is 13.0. The summed E-state index contributed by atoms with van der Waals surface area (Å²) in [6.45, 7) is 4.66. The van der Waals surface area contributed by atoms with Crippen LogP contribution in [0.4, 0.5) is 4.39 Å². The molecule has 0 radical (unpaired) electrons. The average Bonchev–Trinajstić information content (AvgIpc) is 2.68. The lowest BCUT2D eigenvalue weighted by Gasteiger charge is -2.21. The zero-order valence-corrected chi connectivity index (χ0v) is 17.2. The molecule has 0 aliphatic rings. The minimum Gasteiger partial charge on any atom is -0.493 e. The van der Waals surface area contributed by atoms with Gasteiger partial charge in [0, 0.05) is 10.0 Å².